The van der Waals surface area contributed by atoms with E-state index in [9.17, 15) is 10.2 Å². The molecule has 6 N–H and O–H groups in total. The predicted molar refractivity (Wildman–Crippen MR) is 162 cm³/mol. The van der Waals surface area contributed by atoms with Crippen molar-refractivity contribution in [3.05, 3.63) is 0 Å². The standard InChI is InChI=1S/C18H39NO.C14H31NO/c1-3-5-6-7-8-9-10-11-12-13-14-16-18(19,17-20)15-4-2;1-3-5-7-9-11-14(15,13-16)12-10-8-6-4-2/h20H,3-17,19H2,1-2H3;16H,3-13,15H2,1-2H3. The SMILES string of the molecule is CCCCCCC(N)(CO)CCCCCC.CCCCCCCCCCCCCC(N)(CO)CCC. The molecule has 0 aromatic rings. The Bertz CT molecular complexity index is 407. The zero-order chi connectivity index (χ0) is 27.4. The molecule has 0 aliphatic rings. The smallest absolute Gasteiger partial charge is 0.0611 e. The maximum absolute atomic E-state index is 9.37. The van der Waals surface area contributed by atoms with Gasteiger partial charge < -0.3 is 21.7 Å². The largest absolute Gasteiger partial charge is 0.394 e. The summed E-state index contributed by atoms with van der Waals surface area (Å²) < 4.78 is 0. The van der Waals surface area contributed by atoms with E-state index in [-0.39, 0.29) is 24.3 Å². The second-order valence-corrected chi connectivity index (χ2v) is 11.7. The Morgan fingerprint density at radius 2 is 0.611 bits per heavy atom. The topological polar surface area (TPSA) is 92.5 Å². The van der Waals surface area contributed by atoms with Gasteiger partial charge in [0.05, 0.1) is 13.2 Å². The van der Waals surface area contributed by atoms with Crippen molar-refractivity contribution < 1.29 is 10.2 Å². The molecule has 4 heteroatoms. The van der Waals surface area contributed by atoms with Crippen LogP contribution in [0, 0.1) is 0 Å². The van der Waals surface area contributed by atoms with Crippen molar-refractivity contribution in [2.75, 3.05) is 13.2 Å². The van der Waals surface area contributed by atoms with Crippen molar-refractivity contribution in [2.45, 2.75) is 193 Å². The van der Waals surface area contributed by atoms with Gasteiger partial charge in [0.2, 0.25) is 0 Å². The molecule has 1 atom stereocenters. The molecule has 1 unspecified atom stereocenters. The minimum atomic E-state index is -0.311. The molecule has 0 bridgehead atoms. The van der Waals surface area contributed by atoms with E-state index in [1.54, 1.807) is 0 Å². The molecule has 0 spiro atoms. The maximum atomic E-state index is 9.37. The summed E-state index contributed by atoms with van der Waals surface area (Å²) in [5, 5.41) is 18.7. The Morgan fingerprint density at radius 1 is 0.361 bits per heavy atom. The van der Waals surface area contributed by atoms with Gasteiger partial charge in [-0.25, -0.2) is 0 Å². The zero-order valence-electron chi connectivity index (χ0n) is 25.4. The first-order valence-corrected chi connectivity index (χ1v) is 16.2. The van der Waals surface area contributed by atoms with Crippen LogP contribution in [0.25, 0.3) is 0 Å². The number of nitrogens with two attached hydrogens (primary N) is 2. The molecule has 0 amide bonds. The molecule has 220 valence electrons. The average molecular weight is 515 g/mol. The van der Waals surface area contributed by atoms with Crippen LogP contribution in [0.5, 0.6) is 0 Å². The minimum absolute atomic E-state index is 0.137. The number of rotatable bonds is 26. The van der Waals surface area contributed by atoms with Crippen LogP contribution in [0.2, 0.25) is 0 Å². The molecule has 0 saturated heterocycles. The van der Waals surface area contributed by atoms with Gasteiger partial charge in [0.15, 0.2) is 0 Å². The third-order valence-electron chi connectivity index (χ3n) is 7.71. The summed E-state index contributed by atoms with van der Waals surface area (Å²) in [5.74, 6) is 0. The molecule has 0 saturated carbocycles. The highest BCUT2D eigenvalue weighted by Gasteiger charge is 2.23. The van der Waals surface area contributed by atoms with E-state index in [0.29, 0.717) is 0 Å². The Kier molecular flexibility index (Phi) is 29.4. The van der Waals surface area contributed by atoms with E-state index in [4.69, 9.17) is 11.5 Å². The van der Waals surface area contributed by atoms with Crippen LogP contribution in [0.3, 0.4) is 0 Å². The highest BCUT2D eigenvalue weighted by molar-refractivity contribution is 4.83. The highest BCUT2D eigenvalue weighted by Crippen LogP contribution is 2.21. The van der Waals surface area contributed by atoms with Gasteiger partial charge in [-0.3, -0.25) is 0 Å². The van der Waals surface area contributed by atoms with Crippen LogP contribution >= 0.6 is 0 Å². The second kappa shape index (κ2) is 27.9. The van der Waals surface area contributed by atoms with E-state index < -0.39 is 0 Å². The lowest BCUT2D eigenvalue weighted by Gasteiger charge is -2.27. The first kappa shape index (κ1) is 38.0. The molecule has 0 aliphatic carbocycles. The quantitative estimate of drug-likeness (QED) is 0.0867. The molecule has 36 heavy (non-hydrogen) atoms. The fourth-order valence-electron chi connectivity index (χ4n) is 5.01. The van der Waals surface area contributed by atoms with Crippen LogP contribution in [0.1, 0.15) is 182 Å². The first-order chi connectivity index (χ1) is 17.4. The lowest BCUT2D eigenvalue weighted by Crippen LogP contribution is -2.43. The number of aliphatic hydroxyl groups is 2. The fraction of sp³-hybridized carbons (Fsp3) is 1.00. The number of unbranched alkanes of at least 4 members (excludes halogenated alkanes) is 16. The van der Waals surface area contributed by atoms with Crippen LogP contribution in [-0.4, -0.2) is 34.5 Å². The summed E-state index contributed by atoms with van der Waals surface area (Å²) in [7, 11) is 0. The van der Waals surface area contributed by atoms with Crippen molar-refractivity contribution in [1.82, 2.24) is 0 Å². The van der Waals surface area contributed by atoms with E-state index >= 15 is 0 Å². The third-order valence-corrected chi connectivity index (χ3v) is 7.71. The molecule has 0 aromatic heterocycles. The van der Waals surface area contributed by atoms with Crippen molar-refractivity contribution in [3.8, 4) is 0 Å². The highest BCUT2D eigenvalue weighted by atomic mass is 16.3. The van der Waals surface area contributed by atoms with Gasteiger partial charge in [0, 0.05) is 11.1 Å². The Balaban J connectivity index is 0. The summed E-state index contributed by atoms with van der Waals surface area (Å²) in [6.07, 6.45) is 29.9. The molecule has 0 rings (SSSR count). The Hall–Kier alpha value is -0.160. The van der Waals surface area contributed by atoms with Crippen LogP contribution < -0.4 is 11.5 Å². The summed E-state index contributed by atoms with van der Waals surface area (Å²) >= 11 is 0. The van der Waals surface area contributed by atoms with Gasteiger partial charge in [0.1, 0.15) is 0 Å². The predicted octanol–water partition coefficient (Wildman–Crippen LogP) is 8.79. The van der Waals surface area contributed by atoms with Crippen LogP contribution in [-0.2, 0) is 0 Å². The van der Waals surface area contributed by atoms with Crippen molar-refractivity contribution in [2.24, 2.45) is 11.5 Å². The van der Waals surface area contributed by atoms with Gasteiger partial charge in [-0.1, -0.05) is 156 Å². The number of aliphatic hydroxyl groups excluding tert-OH is 2. The van der Waals surface area contributed by atoms with Gasteiger partial charge in [-0.2, -0.15) is 0 Å². The zero-order valence-corrected chi connectivity index (χ0v) is 25.4. The fourth-order valence-corrected chi connectivity index (χ4v) is 5.01. The van der Waals surface area contributed by atoms with Crippen LogP contribution in [0.4, 0.5) is 0 Å². The molecule has 0 fully saturated rings. The van der Waals surface area contributed by atoms with Crippen molar-refractivity contribution in [3.63, 3.8) is 0 Å². The molecular weight excluding hydrogens is 444 g/mol. The molecular formula is C32H70N2O2. The second-order valence-electron chi connectivity index (χ2n) is 11.7. The third kappa shape index (κ3) is 25.5. The summed E-state index contributed by atoms with van der Waals surface area (Å²) in [6, 6.07) is 0. The van der Waals surface area contributed by atoms with Gasteiger partial charge in [-0.15, -0.1) is 0 Å². The molecule has 0 aromatic carbocycles. The van der Waals surface area contributed by atoms with E-state index in [0.717, 1.165) is 32.1 Å². The first-order valence-electron chi connectivity index (χ1n) is 16.2. The lowest BCUT2D eigenvalue weighted by atomic mass is 9.88. The maximum Gasteiger partial charge on any atom is 0.0611 e. The van der Waals surface area contributed by atoms with Gasteiger partial charge >= 0.3 is 0 Å². The van der Waals surface area contributed by atoms with Crippen molar-refractivity contribution in [1.29, 1.82) is 0 Å². The number of hydrogen-bond donors (Lipinski definition) is 4. The monoisotopic (exact) mass is 515 g/mol. The molecule has 0 heterocycles. The molecule has 0 aliphatic heterocycles. The molecule has 0 radical (unpaired) electrons. The minimum Gasteiger partial charge on any atom is -0.394 e. The summed E-state index contributed by atoms with van der Waals surface area (Å²) in [6.45, 7) is 9.12. The van der Waals surface area contributed by atoms with Crippen molar-refractivity contribution >= 4 is 0 Å². The normalized spacial score (nSPS) is 13.3. The van der Waals surface area contributed by atoms with E-state index in [2.05, 4.69) is 27.7 Å². The Morgan fingerprint density at radius 3 is 0.889 bits per heavy atom. The molecule has 4 nitrogen and oxygen atoms in total. The number of hydrogen-bond acceptors (Lipinski definition) is 4. The van der Waals surface area contributed by atoms with Gasteiger partial charge in [0.25, 0.3) is 0 Å². The van der Waals surface area contributed by atoms with E-state index in [1.807, 2.05) is 0 Å². The van der Waals surface area contributed by atoms with E-state index in [1.165, 1.54) is 122 Å². The van der Waals surface area contributed by atoms with Crippen LogP contribution in [0.15, 0.2) is 0 Å². The Labute approximate surface area is 227 Å². The lowest BCUT2D eigenvalue weighted by molar-refractivity contribution is 0.171. The summed E-state index contributed by atoms with van der Waals surface area (Å²) in [5.41, 5.74) is 11.8. The summed E-state index contributed by atoms with van der Waals surface area (Å²) in [4.78, 5) is 0. The van der Waals surface area contributed by atoms with Gasteiger partial charge in [-0.05, 0) is 25.7 Å². The average Bonchev–Trinajstić information content (AvgIpc) is 2.88.